The summed E-state index contributed by atoms with van der Waals surface area (Å²) in [6.07, 6.45) is 0. The lowest BCUT2D eigenvalue weighted by atomic mass is 11.2. The van der Waals surface area contributed by atoms with Crippen LogP contribution in [0, 0.1) is 0 Å². The molecule has 1 N–H and O–H groups in total. The second kappa shape index (κ2) is 0.571. The van der Waals surface area contributed by atoms with E-state index in [0.29, 0.717) is 0 Å². The molecule has 28 valence electrons. The maximum absolute atomic E-state index is 7.96. The summed E-state index contributed by atoms with van der Waals surface area (Å²) in [7, 11) is 0. The normalized spacial score (nSPS) is 18.6. The molecule has 1 aliphatic rings. The molecule has 0 atom stereocenters. The molecular weight excluding hydrogens is 91.5 g/mol. The van der Waals surface area contributed by atoms with Gasteiger partial charge in [-0.15, -0.1) is 0 Å². The summed E-state index contributed by atoms with van der Waals surface area (Å²) in [5.41, 5.74) is 0. The summed E-state index contributed by atoms with van der Waals surface area (Å²) in [5.74, 6) is -0.147. The molecule has 0 aromatic heterocycles. The van der Waals surface area contributed by atoms with Gasteiger partial charge in [-0.1, -0.05) is 0 Å². The molecule has 0 aromatic carbocycles. The lowest BCUT2D eigenvalue weighted by molar-refractivity contribution is 0.280. The summed E-state index contributed by atoms with van der Waals surface area (Å²) < 4.78 is 4.07. The van der Waals surface area contributed by atoms with E-state index in [1.807, 2.05) is 0 Å². The quantitative estimate of drug-likeness (QED) is 0.482. The summed E-state index contributed by atoms with van der Waals surface area (Å²) in [4.78, 5) is 0. The van der Waals surface area contributed by atoms with Gasteiger partial charge < -0.3 is 9.84 Å². The third-order valence-corrected chi connectivity index (χ3v) is 0.552. The average molecular weight is 92.5 g/mol. The standard InChI is InChI=1S/C2HClO2/c3-1-2(4)5-1/h4H. The van der Waals surface area contributed by atoms with Crippen molar-refractivity contribution in [1.29, 1.82) is 0 Å². The largest absolute Gasteiger partial charge is 0.477 e. The fourth-order valence-corrected chi connectivity index (χ4v) is 0.132. The van der Waals surface area contributed by atoms with Crippen LogP contribution in [0.3, 0.4) is 0 Å². The molecule has 0 unspecified atom stereocenters. The Morgan fingerprint density at radius 1 is 1.80 bits per heavy atom. The lowest BCUT2D eigenvalue weighted by Gasteiger charge is -1.55. The highest BCUT2D eigenvalue weighted by molar-refractivity contribution is 6.30. The smallest absolute Gasteiger partial charge is 0.341 e. The SMILES string of the molecule is OC1=C(Cl)O1. The molecule has 0 saturated carbocycles. The van der Waals surface area contributed by atoms with E-state index >= 15 is 0 Å². The molecule has 0 bridgehead atoms. The van der Waals surface area contributed by atoms with Gasteiger partial charge in [0, 0.05) is 0 Å². The molecule has 2 nitrogen and oxygen atoms in total. The Kier molecular flexibility index (Phi) is 0.325. The minimum absolute atomic E-state index is 0.116. The third-order valence-electron chi connectivity index (χ3n) is 0.313. The summed E-state index contributed by atoms with van der Waals surface area (Å²) in [6, 6.07) is 0. The monoisotopic (exact) mass is 92.0 g/mol. The first-order valence-electron chi connectivity index (χ1n) is 1.07. The fraction of sp³-hybridized carbons (Fsp3) is 0. The number of hydrogen-bond acceptors (Lipinski definition) is 2. The minimum atomic E-state index is -0.147. The van der Waals surface area contributed by atoms with Gasteiger partial charge in [-0.2, -0.15) is 0 Å². The van der Waals surface area contributed by atoms with E-state index in [0.717, 1.165) is 0 Å². The Bertz CT molecular complexity index is 75.6. The van der Waals surface area contributed by atoms with Crippen molar-refractivity contribution in [3.63, 3.8) is 0 Å². The number of rotatable bonds is 0. The lowest BCUT2D eigenvalue weighted by Crippen LogP contribution is -1.44. The zero-order chi connectivity index (χ0) is 3.86. The van der Waals surface area contributed by atoms with Crippen LogP contribution in [0.4, 0.5) is 0 Å². The van der Waals surface area contributed by atoms with E-state index in [-0.39, 0.29) is 11.2 Å². The molecule has 0 radical (unpaired) electrons. The first-order valence-corrected chi connectivity index (χ1v) is 1.45. The van der Waals surface area contributed by atoms with Crippen molar-refractivity contribution in [2.24, 2.45) is 0 Å². The summed E-state index contributed by atoms with van der Waals surface area (Å²) in [5, 5.41) is 8.08. The predicted octanol–water partition coefficient (Wildman–Crippen LogP) is 0.940. The third kappa shape index (κ3) is 0.304. The molecule has 0 saturated heterocycles. The molecular formula is C2HClO2. The number of aliphatic hydroxyl groups excluding tert-OH is 1. The van der Waals surface area contributed by atoms with Gasteiger partial charge >= 0.3 is 5.95 Å². The highest BCUT2D eigenvalue weighted by Gasteiger charge is 2.20. The number of aliphatic hydroxyl groups is 1. The zero-order valence-corrected chi connectivity index (χ0v) is 2.99. The van der Waals surface area contributed by atoms with Gasteiger partial charge in [0.05, 0.1) is 0 Å². The van der Waals surface area contributed by atoms with Crippen LogP contribution < -0.4 is 0 Å². The second-order valence-electron chi connectivity index (χ2n) is 0.681. The second-order valence-corrected chi connectivity index (χ2v) is 1.02. The van der Waals surface area contributed by atoms with E-state index in [2.05, 4.69) is 4.74 Å². The zero-order valence-electron chi connectivity index (χ0n) is 2.23. The number of ether oxygens (including phenoxy) is 1. The van der Waals surface area contributed by atoms with Crippen LogP contribution in [-0.2, 0) is 4.74 Å². The molecule has 1 aliphatic heterocycles. The minimum Gasteiger partial charge on any atom is -0.477 e. The highest BCUT2D eigenvalue weighted by atomic mass is 35.5. The summed E-state index contributed by atoms with van der Waals surface area (Å²) >= 11 is 4.94. The van der Waals surface area contributed by atoms with Gasteiger partial charge in [0.1, 0.15) is 0 Å². The topological polar surface area (TPSA) is 32.8 Å². The van der Waals surface area contributed by atoms with E-state index in [9.17, 15) is 0 Å². The van der Waals surface area contributed by atoms with Crippen LogP contribution in [0.1, 0.15) is 0 Å². The molecule has 1 heterocycles. The van der Waals surface area contributed by atoms with Gasteiger partial charge in [0.25, 0.3) is 5.22 Å². The molecule has 0 aliphatic carbocycles. The van der Waals surface area contributed by atoms with Gasteiger partial charge in [-0.25, -0.2) is 0 Å². The van der Waals surface area contributed by atoms with Crippen molar-refractivity contribution in [2.45, 2.75) is 0 Å². The van der Waals surface area contributed by atoms with Crippen LogP contribution in [0.15, 0.2) is 11.2 Å². The van der Waals surface area contributed by atoms with Crippen LogP contribution >= 0.6 is 11.6 Å². The van der Waals surface area contributed by atoms with Crippen LogP contribution in [0.5, 0.6) is 0 Å². The van der Waals surface area contributed by atoms with Crippen LogP contribution in [0.2, 0.25) is 0 Å². The number of hydrogen-bond donors (Lipinski definition) is 1. The van der Waals surface area contributed by atoms with Crippen LogP contribution in [-0.4, -0.2) is 5.11 Å². The highest BCUT2D eigenvalue weighted by Crippen LogP contribution is 2.25. The molecule has 0 spiro atoms. The molecule has 5 heavy (non-hydrogen) atoms. The van der Waals surface area contributed by atoms with E-state index in [1.165, 1.54) is 0 Å². The Hall–Kier alpha value is -0.370. The maximum Gasteiger partial charge on any atom is 0.341 e. The Balaban J connectivity index is 2.59. The van der Waals surface area contributed by atoms with E-state index < -0.39 is 0 Å². The number of halogens is 1. The molecule has 0 aromatic rings. The van der Waals surface area contributed by atoms with Crippen molar-refractivity contribution in [3.05, 3.63) is 11.2 Å². The van der Waals surface area contributed by atoms with Gasteiger partial charge in [0.15, 0.2) is 0 Å². The molecule has 0 fully saturated rings. The maximum atomic E-state index is 7.96. The first-order chi connectivity index (χ1) is 2.30. The molecule has 1 rings (SSSR count). The molecule has 3 heteroatoms. The van der Waals surface area contributed by atoms with Crippen molar-refractivity contribution >= 4 is 11.6 Å². The average Bonchev–Trinajstić information content (AvgIpc) is 1.79. The van der Waals surface area contributed by atoms with Crippen molar-refractivity contribution in [2.75, 3.05) is 0 Å². The Morgan fingerprint density at radius 2 is 2.00 bits per heavy atom. The summed E-state index contributed by atoms with van der Waals surface area (Å²) in [6.45, 7) is 0. The van der Waals surface area contributed by atoms with E-state index in [4.69, 9.17) is 16.7 Å². The van der Waals surface area contributed by atoms with Gasteiger partial charge in [-0.3, -0.25) is 0 Å². The van der Waals surface area contributed by atoms with Crippen molar-refractivity contribution < 1.29 is 9.84 Å². The van der Waals surface area contributed by atoms with Gasteiger partial charge in [0.2, 0.25) is 0 Å². The van der Waals surface area contributed by atoms with Crippen molar-refractivity contribution in [3.8, 4) is 0 Å². The first kappa shape index (κ1) is 2.85. The predicted molar refractivity (Wildman–Crippen MR) is 16.6 cm³/mol. The van der Waals surface area contributed by atoms with Gasteiger partial charge in [-0.05, 0) is 11.6 Å². The van der Waals surface area contributed by atoms with Crippen molar-refractivity contribution in [1.82, 2.24) is 0 Å². The van der Waals surface area contributed by atoms with Crippen LogP contribution in [0.25, 0.3) is 0 Å². The Morgan fingerprint density at radius 3 is 2.00 bits per heavy atom. The molecule has 0 amide bonds. The Labute approximate surface area is 33.6 Å². The van der Waals surface area contributed by atoms with E-state index in [1.54, 1.807) is 0 Å². The fourth-order valence-electron chi connectivity index (χ4n) is 0.0594.